The molecule has 0 fully saturated rings. The number of rotatable bonds is 6. The zero-order valence-corrected chi connectivity index (χ0v) is 14.9. The van der Waals surface area contributed by atoms with Gasteiger partial charge in [0.15, 0.2) is 0 Å². The van der Waals surface area contributed by atoms with Crippen molar-refractivity contribution < 1.29 is 4.79 Å². The molecule has 0 saturated heterocycles. The Bertz CT molecular complexity index is 598. The minimum Gasteiger partial charge on any atom is -0.326 e. The molecular formula is C16H20Cl2N2OS. The number of carbonyl (C=O) groups excluding carboxylic acids is 1. The van der Waals surface area contributed by atoms with E-state index in [9.17, 15) is 4.79 Å². The molecule has 0 aliphatic carbocycles. The van der Waals surface area contributed by atoms with E-state index in [1.54, 1.807) is 11.3 Å². The van der Waals surface area contributed by atoms with Crippen molar-refractivity contribution in [3.8, 4) is 0 Å². The van der Waals surface area contributed by atoms with Crippen molar-refractivity contribution >= 4 is 46.9 Å². The van der Waals surface area contributed by atoms with E-state index < -0.39 is 0 Å². The van der Waals surface area contributed by atoms with Gasteiger partial charge < -0.3 is 10.6 Å². The lowest BCUT2D eigenvalue weighted by molar-refractivity contribution is -0.115. The minimum atomic E-state index is 0. The van der Waals surface area contributed by atoms with Crippen LogP contribution in [0.5, 0.6) is 0 Å². The molecule has 0 spiro atoms. The Labute approximate surface area is 146 Å². The highest BCUT2D eigenvalue weighted by Gasteiger charge is 2.06. The van der Waals surface area contributed by atoms with E-state index in [2.05, 4.69) is 17.6 Å². The smallest absolute Gasteiger partial charge is 0.224 e. The maximum Gasteiger partial charge on any atom is 0.224 e. The maximum absolute atomic E-state index is 11.3. The second-order valence-electron chi connectivity index (χ2n) is 4.83. The number of anilines is 1. The van der Waals surface area contributed by atoms with E-state index in [0.717, 1.165) is 16.6 Å². The lowest BCUT2D eigenvalue weighted by atomic mass is 10.1. The fourth-order valence-corrected chi connectivity index (χ4v) is 2.96. The van der Waals surface area contributed by atoms with Crippen molar-refractivity contribution in [2.45, 2.75) is 32.9 Å². The van der Waals surface area contributed by atoms with Crippen LogP contribution in [0.1, 0.15) is 36.8 Å². The molecule has 0 aliphatic rings. The minimum absolute atomic E-state index is 0. The van der Waals surface area contributed by atoms with Gasteiger partial charge in [0.1, 0.15) is 0 Å². The van der Waals surface area contributed by atoms with Gasteiger partial charge in [0, 0.05) is 29.6 Å². The molecule has 1 aromatic carbocycles. The molecule has 3 nitrogen and oxygen atoms in total. The first-order valence-corrected chi connectivity index (χ1v) is 8.15. The van der Waals surface area contributed by atoms with Gasteiger partial charge in [-0.2, -0.15) is 0 Å². The summed E-state index contributed by atoms with van der Waals surface area (Å²) in [4.78, 5) is 12.5. The van der Waals surface area contributed by atoms with Crippen molar-refractivity contribution in [3.05, 3.63) is 51.2 Å². The quantitative estimate of drug-likeness (QED) is 0.760. The molecule has 1 amide bonds. The highest BCUT2D eigenvalue weighted by atomic mass is 35.5. The number of benzene rings is 1. The first-order valence-electron chi connectivity index (χ1n) is 6.96. The van der Waals surface area contributed by atoms with Gasteiger partial charge in [-0.15, -0.1) is 23.7 Å². The average Bonchev–Trinajstić information content (AvgIpc) is 2.91. The molecule has 1 aromatic heterocycles. The summed E-state index contributed by atoms with van der Waals surface area (Å²) in [6.45, 7) is 4.76. The van der Waals surface area contributed by atoms with E-state index in [1.165, 1.54) is 10.4 Å². The van der Waals surface area contributed by atoms with Crippen molar-refractivity contribution in [2.75, 3.05) is 5.32 Å². The van der Waals surface area contributed by atoms with Gasteiger partial charge in [0.05, 0.1) is 4.34 Å². The predicted molar refractivity (Wildman–Crippen MR) is 97.2 cm³/mol. The number of thiophene rings is 1. The molecule has 2 rings (SSSR count). The van der Waals surface area contributed by atoms with Crippen LogP contribution < -0.4 is 10.6 Å². The van der Waals surface area contributed by atoms with Crippen LogP contribution in [0.2, 0.25) is 4.34 Å². The lowest BCUT2D eigenvalue weighted by Crippen LogP contribution is -2.17. The second-order valence-corrected chi connectivity index (χ2v) is 6.63. The van der Waals surface area contributed by atoms with Crippen LogP contribution >= 0.6 is 35.3 Å². The number of halogens is 2. The monoisotopic (exact) mass is 358 g/mol. The molecule has 0 saturated carbocycles. The highest BCUT2D eigenvalue weighted by molar-refractivity contribution is 7.16. The normalized spacial score (nSPS) is 11.6. The number of hydrogen-bond acceptors (Lipinski definition) is 3. The van der Waals surface area contributed by atoms with Gasteiger partial charge in [0.2, 0.25) is 5.91 Å². The van der Waals surface area contributed by atoms with Crippen LogP contribution in [0.4, 0.5) is 5.69 Å². The molecule has 120 valence electrons. The number of nitrogens with one attached hydrogen (secondary N) is 2. The number of amides is 1. The van der Waals surface area contributed by atoms with Crippen LogP contribution in [0.25, 0.3) is 0 Å². The molecule has 0 radical (unpaired) electrons. The third-order valence-corrected chi connectivity index (χ3v) is 4.46. The predicted octanol–water partition coefficient (Wildman–Crippen LogP) is 5.02. The Morgan fingerprint density at radius 2 is 1.91 bits per heavy atom. The van der Waals surface area contributed by atoms with E-state index in [-0.39, 0.29) is 24.4 Å². The van der Waals surface area contributed by atoms with Gasteiger partial charge in [-0.05, 0) is 36.8 Å². The van der Waals surface area contributed by atoms with Crippen LogP contribution in [0.3, 0.4) is 0 Å². The first-order chi connectivity index (χ1) is 10.1. The third kappa shape index (κ3) is 5.61. The van der Waals surface area contributed by atoms with Gasteiger partial charge in [0.25, 0.3) is 0 Å². The fraction of sp³-hybridized carbons (Fsp3) is 0.312. The highest BCUT2D eigenvalue weighted by Crippen LogP contribution is 2.22. The first kappa shape index (κ1) is 19.0. The van der Waals surface area contributed by atoms with Crippen LogP contribution in [0, 0.1) is 0 Å². The average molecular weight is 359 g/mol. The molecule has 22 heavy (non-hydrogen) atoms. The number of hydrogen-bond donors (Lipinski definition) is 2. The van der Waals surface area contributed by atoms with E-state index in [4.69, 9.17) is 11.6 Å². The summed E-state index contributed by atoms with van der Waals surface area (Å²) in [5.41, 5.74) is 2.02. The Kier molecular flexibility index (Phi) is 7.90. The van der Waals surface area contributed by atoms with Crippen molar-refractivity contribution in [1.29, 1.82) is 0 Å². The fourth-order valence-electron chi connectivity index (χ4n) is 1.92. The maximum atomic E-state index is 11.3. The summed E-state index contributed by atoms with van der Waals surface area (Å²) in [5, 5.41) is 6.31. The number of carbonyl (C=O) groups is 1. The van der Waals surface area contributed by atoms with Gasteiger partial charge in [-0.25, -0.2) is 0 Å². The van der Waals surface area contributed by atoms with Crippen LogP contribution in [0.15, 0.2) is 36.4 Å². The molecule has 6 heteroatoms. The Balaban J connectivity index is 0.00000242. The molecule has 1 unspecified atom stereocenters. The lowest BCUT2D eigenvalue weighted by Gasteiger charge is -2.14. The molecule has 2 N–H and O–H groups in total. The van der Waals surface area contributed by atoms with Crippen LogP contribution in [-0.4, -0.2) is 5.91 Å². The van der Waals surface area contributed by atoms with Crippen molar-refractivity contribution in [2.24, 2.45) is 0 Å². The van der Waals surface area contributed by atoms with E-state index >= 15 is 0 Å². The molecule has 0 aliphatic heterocycles. The van der Waals surface area contributed by atoms with E-state index in [1.807, 2.05) is 43.3 Å². The van der Waals surface area contributed by atoms with Crippen molar-refractivity contribution in [1.82, 2.24) is 5.32 Å². The summed E-state index contributed by atoms with van der Waals surface area (Å²) in [6, 6.07) is 12.1. The zero-order chi connectivity index (χ0) is 15.2. The summed E-state index contributed by atoms with van der Waals surface area (Å²) >= 11 is 7.51. The Morgan fingerprint density at radius 3 is 2.45 bits per heavy atom. The molecule has 2 aromatic rings. The van der Waals surface area contributed by atoms with Gasteiger partial charge in [-0.1, -0.05) is 30.7 Å². The zero-order valence-electron chi connectivity index (χ0n) is 12.6. The van der Waals surface area contributed by atoms with Gasteiger partial charge >= 0.3 is 0 Å². The topological polar surface area (TPSA) is 41.1 Å². The molecular weight excluding hydrogens is 339 g/mol. The summed E-state index contributed by atoms with van der Waals surface area (Å²) in [6.07, 6.45) is 0.489. The molecule has 1 heterocycles. The summed E-state index contributed by atoms with van der Waals surface area (Å²) < 4.78 is 0.815. The Hall–Kier alpha value is -1.07. The standard InChI is InChI=1S/C16H19ClN2OS.ClH/c1-3-16(20)19-13-6-4-12(5-7-13)11(2)18-10-14-8-9-15(17)21-14;/h4-9,11,18H,3,10H2,1-2H3,(H,19,20);1H. The van der Waals surface area contributed by atoms with E-state index in [0.29, 0.717) is 6.42 Å². The van der Waals surface area contributed by atoms with Crippen LogP contribution in [-0.2, 0) is 11.3 Å². The SMILES string of the molecule is CCC(=O)Nc1ccc(C(C)NCc2ccc(Cl)s2)cc1.Cl. The second kappa shape index (κ2) is 9.16. The molecule has 0 bridgehead atoms. The van der Waals surface area contributed by atoms with Gasteiger partial charge in [-0.3, -0.25) is 4.79 Å². The largest absolute Gasteiger partial charge is 0.326 e. The Morgan fingerprint density at radius 1 is 1.23 bits per heavy atom. The molecule has 1 atom stereocenters. The summed E-state index contributed by atoms with van der Waals surface area (Å²) in [5.74, 6) is 0.0310. The summed E-state index contributed by atoms with van der Waals surface area (Å²) in [7, 11) is 0. The third-order valence-electron chi connectivity index (χ3n) is 3.23. The van der Waals surface area contributed by atoms with Crippen molar-refractivity contribution in [3.63, 3.8) is 0 Å².